The molecule has 5 heteroatoms. The van der Waals surface area contributed by atoms with Gasteiger partial charge in [-0.05, 0) is 86.4 Å². The highest BCUT2D eigenvalue weighted by molar-refractivity contribution is 6.13. The summed E-state index contributed by atoms with van der Waals surface area (Å²) in [7, 11) is 0. The minimum Gasteiger partial charge on any atom is -0.478 e. The van der Waals surface area contributed by atoms with Crippen LogP contribution in [0.2, 0.25) is 0 Å². The quantitative estimate of drug-likeness (QED) is 0.188. The Balaban J connectivity index is 1.68. The Labute approximate surface area is 214 Å². The molecule has 0 atom stereocenters. The monoisotopic (exact) mass is 481 g/mol. The fourth-order valence-corrected chi connectivity index (χ4v) is 4.83. The molecule has 0 amide bonds. The van der Waals surface area contributed by atoms with Crippen molar-refractivity contribution in [2.45, 2.75) is 27.7 Å². The number of anilines is 3. The minimum absolute atomic E-state index is 0.360. The molecule has 36 heavy (non-hydrogen) atoms. The van der Waals surface area contributed by atoms with E-state index in [9.17, 15) is 9.90 Å². The Kier molecular flexibility index (Phi) is 7.49. The van der Waals surface area contributed by atoms with E-state index in [0.29, 0.717) is 5.57 Å². The lowest BCUT2D eigenvalue weighted by Gasteiger charge is -2.37. The molecule has 1 fully saturated rings. The first kappa shape index (κ1) is 25.1. The summed E-state index contributed by atoms with van der Waals surface area (Å²) in [6.45, 7) is 11.4. The van der Waals surface area contributed by atoms with Crippen LogP contribution in [0.3, 0.4) is 0 Å². The van der Waals surface area contributed by atoms with Crippen molar-refractivity contribution in [3.8, 4) is 0 Å². The van der Waals surface area contributed by atoms with E-state index in [0.717, 1.165) is 65.4 Å². The number of hydrogen-bond acceptors (Lipinski definition) is 4. The van der Waals surface area contributed by atoms with Gasteiger partial charge in [-0.2, -0.15) is 0 Å². The number of carboxylic acids is 1. The maximum Gasteiger partial charge on any atom is 0.336 e. The van der Waals surface area contributed by atoms with Gasteiger partial charge in [0.2, 0.25) is 0 Å². The summed E-state index contributed by atoms with van der Waals surface area (Å²) >= 11 is 0. The van der Waals surface area contributed by atoms with Crippen LogP contribution in [0.1, 0.15) is 37.5 Å². The molecule has 1 heterocycles. The maximum atomic E-state index is 12.4. The zero-order valence-electron chi connectivity index (χ0n) is 21.6. The molecule has 4 rings (SSSR count). The fourth-order valence-electron chi connectivity index (χ4n) is 4.83. The average Bonchev–Trinajstić information content (AvgIpc) is 2.87. The van der Waals surface area contributed by atoms with E-state index >= 15 is 0 Å². The van der Waals surface area contributed by atoms with Crippen LogP contribution in [0.5, 0.6) is 0 Å². The predicted molar refractivity (Wildman–Crippen MR) is 151 cm³/mol. The second-order valence-electron chi connectivity index (χ2n) is 9.66. The summed E-state index contributed by atoms with van der Waals surface area (Å²) in [6.07, 6.45) is 0. The third-order valence-corrected chi connectivity index (χ3v) is 6.86. The topological polar surface area (TPSA) is 69.8 Å². The molecule has 0 bridgehead atoms. The van der Waals surface area contributed by atoms with Crippen molar-refractivity contribution >= 4 is 34.2 Å². The van der Waals surface area contributed by atoms with E-state index in [2.05, 4.69) is 65.3 Å². The minimum atomic E-state index is -0.904. The number of rotatable bonds is 6. The Bertz CT molecular complexity index is 1290. The van der Waals surface area contributed by atoms with Crippen molar-refractivity contribution in [1.82, 2.24) is 0 Å². The van der Waals surface area contributed by atoms with E-state index in [4.69, 9.17) is 5.73 Å². The highest BCUT2D eigenvalue weighted by Crippen LogP contribution is 2.36. The molecule has 3 aromatic carbocycles. The lowest BCUT2D eigenvalue weighted by atomic mass is 9.87. The van der Waals surface area contributed by atoms with Crippen molar-refractivity contribution in [3.05, 3.63) is 101 Å². The van der Waals surface area contributed by atoms with E-state index < -0.39 is 5.97 Å². The van der Waals surface area contributed by atoms with Gasteiger partial charge >= 0.3 is 5.97 Å². The molecule has 1 aliphatic heterocycles. The number of nitrogen functional groups attached to an aromatic ring is 1. The van der Waals surface area contributed by atoms with Crippen LogP contribution in [0.25, 0.3) is 11.1 Å². The lowest BCUT2D eigenvalue weighted by molar-refractivity contribution is -0.132. The molecule has 0 spiro atoms. The summed E-state index contributed by atoms with van der Waals surface area (Å²) in [5.41, 5.74) is 14.9. The van der Waals surface area contributed by atoms with Gasteiger partial charge in [-0.3, -0.25) is 0 Å². The van der Waals surface area contributed by atoms with Crippen LogP contribution >= 0.6 is 0 Å². The van der Waals surface area contributed by atoms with Crippen LogP contribution < -0.4 is 15.5 Å². The fraction of sp³-hybridized carbons (Fsp3) is 0.258. The van der Waals surface area contributed by atoms with Crippen molar-refractivity contribution in [2.24, 2.45) is 0 Å². The number of aliphatic carboxylic acids is 1. The molecular formula is C31H35N3O2. The zero-order chi connectivity index (χ0) is 25.8. The lowest BCUT2D eigenvalue weighted by Crippen LogP contribution is -2.46. The van der Waals surface area contributed by atoms with Gasteiger partial charge in [0.1, 0.15) is 0 Å². The molecule has 0 aromatic heterocycles. The van der Waals surface area contributed by atoms with Crippen LogP contribution in [-0.4, -0.2) is 37.3 Å². The van der Waals surface area contributed by atoms with Gasteiger partial charge in [0.05, 0.1) is 5.57 Å². The summed E-state index contributed by atoms with van der Waals surface area (Å²) in [5.74, 6) is -0.904. The highest BCUT2D eigenvalue weighted by atomic mass is 16.4. The van der Waals surface area contributed by atoms with Gasteiger partial charge < -0.3 is 20.6 Å². The SMILES string of the molecule is CC(C)=C(C(=O)O)/C(=C(\C)c1ccc(C)cc1)c1cccc(N2CCN(c3ccc(N)cc3)CC2)c1. The van der Waals surface area contributed by atoms with Gasteiger partial charge in [-0.25, -0.2) is 4.79 Å². The van der Waals surface area contributed by atoms with Crippen LogP contribution in [0, 0.1) is 6.92 Å². The number of carbonyl (C=O) groups is 1. The summed E-state index contributed by atoms with van der Waals surface area (Å²) < 4.78 is 0. The van der Waals surface area contributed by atoms with Gasteiger partial charge in [0.25, 0.3) is 0 Å². The standard InChI is InChI=1S/C31H35N3O2/c1-21(2)29(31(35)36)30(23(4)24-10-8-22(3)9-11-24)25-6-5-7-28(20-25)34-18-16-33(17-19-34)27-14-12-26(32)13-15-27/h5-15,20H,16-19,32H2,1-4H3,(H,35,36)/b30-23+. The summed E-state index contributed by atoms with van der Waals surface area (Å²) in [6, 6.07) is 24.6. The first-order chi connectivity index (χ1) is 17.2. The molecule has 5 nitrogen and oxygen atoms in total. The molecule has 0 saturated carbocycles. The largest absolute Gasteiger partial charge is 0.478 e. The molecule has 3 N–H and O–H groups in total. The first-order valence-corrected chi connectivity index (χ1v) is 12.4. The van der Waals surface area contributed by atoms with E-state index in [1.165, 1.54) is 11.3 Å². The first-order valence-electron chi connectivity index (χ1n) is 12.4. The van der Waals surface area contributed by atoms with Crippen LogP contribution in [0.4, 0.5) is 17.1 Å². The van der Waals surface area contributed by atoms with Crippen molar-refractivity contribution < 1.29 is 9.90 Å². The number of benzene rings is 3. The van der Waals surface area contributed by atoms with Gasteiger partial charge in [-0.15, -0.1) is 0 Å². The second kappa shape index (κ2) is 10.7. The van der Waals surface area contributed by atoms with E-state index in [1.54, 1.807) is 0 Å². The van der Waals surface area contributed by atoms with E-state index in [-0.39, 0.29) is 0 Å². The Hall–Kier alpha value is -3.99. The van der Waals surface area contributed by atoms with Gasteiger partial charge in [0.15, 0.2) is 0 Å². The average molecular weight is 482 g/mol. The number of aryl methyl sites for hydroxylation is 1. The molecule has 1 saturated heterocycles. The summed E-state index contributed by atoms with van der Waals surface area (Å²) in [5, 5.41) is 10.2. The number of hydrogen-bond donors (Lipinski definition) is 2. The number of nitrogens with two attached hydrogens (primary N) is 1. The van der Waals surface area contributed by atoms with E-state index in [1.807, 2.05) is 45.0 Å². The van der Waals surface area contributed by atoms with Crippen molar-refractivity contribution in [3.63, 3.8) is 0 Å². The highest BCUT2D eigenvalue weighted by Gasteiger charge is 2.22. The van der Waals surface area contributed by atoms with Gasteiger partial charge in [-0.1, -0.05) is 47.5 Å². The number of allylic oxidation sites excluding steroid dienone is 2. The van der Waals surface area contributed by atoms with Crippen molar-refractivity contribution in [2.75, 3.05) is 41.7 Å². The summed E-state index contributed by atoms with van der Waals surface area (Å²) in [4.78, 5) is 17.2. The maximum absolute atomic E-state index is 12.4. The molecular weight excluding hydrogens is 446 g/mol. The number of piperazine rings is 1. The molecule has 3 aromatic rings. The molecule has 0 aliphatic carbocycles. The number of nitrogens with zero attached hydrogens (tertiary/aromatic N) is 2. The Morgan fingerprint density at radius 2 is 1.36 bits per heavy atom. The van der Waals surface area contributed by atoms with Crippen molar-refractivity contribution in [1.29, 1.82) is 0 Å². The Morgan fingerprint density at radius 3 is 1.92 bits per heavy atom. The Morgan fingerprint density at radius 1 is 0.778 bits per heavy atom. The molecule has 0 radical (unpaired) electrons. The third-order valence-electron chi connectivity index (χ3n) is 6.86. The molecule has 186 valence electrons. The zero-order valence-corrected chi connectivity index (χ0v) is 21.6. The normalized spacial score (nSPS) is 14.3. The van der Waals surface area contributed by atoms with Crippen LogP contribution in [0.15, 0.2) is 83.9 Å². The predicted octanol–water partition coefficient (Wildman–Crippen LogP) is 6.26. The number of carboxylic acid groups (broad SMARTS) is 1. The van der Waals surface area contributed by atoms with Gasteiger partial charge in [0, 0.05) is 43.2 Å². The third kappa shape index (κ3) is 5.46. The molecule has 0 unspecified atom stereocenters. The second-order valence-corrected chi connectivity index (χ2v) is 9.66. The smallest absolute Gasteiger partial charge is 0.336 e. The molecule has 1 aliphatic rings. The van der Waals surface area contributed by atoms with Crippen LogP contribution in [-0.2, 0) is 4.79 Å².